The molecule has 6 heteroatoms. The lowest BCUT2D eigenvalue weighted by Gasteiger charge is -2.02. The first kappa shape index (κ1) is 10.8. The lowest BCUT2D eigenvalue weighted by atomic mass is 10.1. The Bertz CT molecular complexity index is 575. The average molecular weight is 239 g/mol. The number of hydrogen-bond donors (Lipinski definition) is 2. The molecular formula is C10H9NO4S. The third-order valence-corrected chi connectivity index (χ3v) is 2.79. The van der Waals surface area contributed by atoms with Crippen LogP contribution < -0.4 is 0 Å². The number of nitrogens with zero attached hydrogens (tertiary/aromatic N) is 1. The van der Waals surface area contributed by atoms with E-state index < -0.39 is 17.0 Å². The molecule has 1 heterocycles. The molecule has 1 unspecified atom stereocenters. The topological polar surface area (TPSA) is 79.5 Å². The summed E-state index contributed by atoms with van der Waals surface area (Å²) < 4.78 is 21.1. The van der Waals surface area contributed by atoms with Gasteiger partial charge in [0.15, 0.2) is 11.1 Å². The van der Waals surface area contributed by atoms with Gasteiger partial charge >= 0.3 is 5.97 Å². The summed E-state index contributed by atoms with van der Waals surface area (Å²) >= 11 is -1.95. The smallest absolute Gasteiger partial charge is 0.336 e. The van der Waals surface area contributed by atoms with Crippen LogP contribution in [0.3, 0.4) is 0 Å². The molecule has 0 aliphatic heterocycles. The number of benzene rings is 1. The molecule has 0 fully saturated rings. The molecule has 5 nitrogen and oxygen atoms in total. The molecule has 2 aromatic rings. The number of carbonyl (C=O) groups is 1. The number of fused-ring (bicyclic) bond motifs is 1. The Morgan fingerprint density at radius 2 is 2.12 bits per heavy atom. The summed E-state index contributed by atoms with van der Waals surface area (Å²) in [6.45, 7) is 0. The van der Waals surface area contributed by atoms with Crippen LogP contribution in [0.1, 0.15) is 10.4 Å². The summed E-state index contributed by atoms with van der Waals surface area (Å²) in [5.74, 6) is -1.07. The summed E-state index contributed by atoms with van der Waals surface area (Å²) in [4.78, 5) is 10.9. The maximum absolute atomic E-state index is 10.9. The average Bonchev–Trinajstić information content (AvgIpc) is 2.60. The van der Waals surface area contributed by atoms with Crippen LogP contribution in [0.2, 0.25) is 0 Å². The number of aromatic carboxylic acids is 1. The van der Waals surface area contributed by atoms with Gasteiger partial charge < -0.3 is 14.2 Å². The fourth-order valence-corrected chi connectivity index (χ4v) is 2.10. The Labute approximate surface area is 93.6 Å². The minimum absolute atomic E-state index is 0.0629. The van der Waals surface area contributed by atoms with Gasteiger partial charge in [0.1, 0.15) is 5.88 Å². The molecule has 84 valence electrons. The minimum Gasteiger partial charge on any atom is -0.478 e. The predicted molar refractivity (Wildman–Crippen MR) is 59.7 cm³/mol. The summed E-state index contributed by atoms with van der Waals surface area (Å²) in [6.07, 6.45) is 1.60. The molecule has 0 bridgehead atoms. The highest BCUT2D eigenvalue weighted by atomic mass is 32.2. The van der Waals surface area contributed by atoms with Crippen molar-refractivity contribution in [2.45, 2.75) is 5.88 Å². The van der Waals surface area contributed by atoms with Crippen molar-refractivity contribution in [1.29, 1.82) is 0 Å². The van der Waals surface area contributed by atoms with E-state index in [0.29, 0.717) is 10.9 Å². The largest absolute Gasteiger partial charge is 0.478 e. The zero-order valence-electron chi connectivity index (χ0n) is 8.16. The van der Waals surface area contributed by atoms with Gasteiger partial charge in [-0.2, -0.15) is 0 Å². The van der Waals surface area contributed by atoms with E-state index in [1.54, 1.807) is 29.0 Å². The molecule has 16 heavy (non-hydrogen) atoms. The van der Waals surface area contributed by atoms with Crippen molar-refractivity contribution < 1.29 is 18.7 Å². The van der Waals surface area contributed by atoms with E-state index in [1.165, 1.54) is 6.07 Å². The van der Waals surface area contributed by atoms with E-state index in [2.05, 4.69) is 0 Å². The predicted octanol–water partition coefficient (Wildman–Crippen LogP) is 1.52. The fourth-order valence-electron chi connectivity index (χ4n) is 1.64. The number of rotatable bonds is 3. The first-order valence-electron chi connectivity index (χ1n) is 4.48. The molecular weight excluding hydrogens is 230 g/mol. The highest BCUT2D eigenvalue weighted by Gasteiger charge is 2.11. The quantitative estimate of drug-likeness (QED) is 0.796. The van der Waals surface area contributed by atoms with Gasteiger partial charge in [0, 0.05) is 17.1 Å². The Morgan fingerprint density at radius 1 is 1.38 bits per heavy atom. The van der Waals surface area contributed by atoms with Crippen molar-refractivity contribution in [2.75, 3.05) is 0 Å². The van der Waals surface area contributed by atoms with E-state index >= 15 is 0 Å². The molecule has 0 saturated carbocycles. The second-order valence-electron chi connectivity index (χ2n) is 3.28. The minimum atomic E-state index is -1.95. The number of hydrogen-bond acceptors (Lipinski definition) is 2. The third-order valence-electron chi connectivity index (χ3n) is 2.29. The third kappa shape index (κ3) is 1.84. The second kappa shape index (κ2) is 4.07. The van der Waals surface area contributed by atoms with Crippen molar-refractivity contribution in [2.24, 2.45) is 0 Å². The second-order valence-corrected chi connectivity index (χ2v) is 4.18. The van der Waals surface area contributed by atoms with E-state index in [9.17, 15) is 9.00 Å². The SMILES string of the molecule is O=C(O)c1cccc2c1ccn2CS(=O)O. The van der Waals surface area contributed by atoms with Crippen molar-refractivity contribution in [1.82, 2.24) is 4.57 Å². The molecule has 1 aromatic heterocycles. The molecule has 1 aromatic carbocycles. The van der Waals surface area contributed by atoms with Crippen molar-refractivity contribution >= 4 is 28.0 Å². The zero-order valence-corrected chi connectivity index (χ0v) is 8.98. The van der Waals surface area contributed by atoms with Crippen molar-refractivity contribution in [3.05, 3.63) is 36.0 Å². The first-order chi connectivity index (χ1) is 7.59. The maximum Gasteiger partial charge on any atom is 0.336 e. The molecule has 0 spiro atoms. The van der Waals surface area contributed by atoms with E-state index in [4.69, 9.17) is 9.66 Å². The lowest BCUT2D eigenvalue weighted by Crippen LogP contribution is -2.02. The Kier molecular flexibility index (Phi) is 2.76. The van der Waals surface area contributed by atoms with Gasteiger partial charge in [-0.1, -0.05) is 6.07 Å². The maximum atomic E-state index is 10.9. The van der Waals surface area contributed by atoms with E-state index in [-0.39, 0.29) is 11.4 Å². The van der Waals surface area contributed by atoms with Gasteiger partial charge in [-0.25, -0.2) is 9.00 Å². The summed E-state index contributed by atoms with van der Waals surface area (Å²) in [5.41, 5.74) is 0.835. The molecule has 0 amide bonds. The standard InChI is InChI=1S/C10H9NO4S/c12-10(13)8-2-1-3-9-7(8)4-5-11(9)6-16(14)15/h1-5H,6H2,(H,12,13)(H,14,15). The highest BCUT2D eigenvalue weighted by molar-refractivity contribution is 7.78. The van der Waals surface area contributed by atoms with Gasteiger partial charge in [0.05, 0.1) is 5.56 Å². The molecule has 1 atom stereocenters. The normalized spacial score (nSPS) is 12.8. The van der Waals surface area contributed by atoms with Crippen LogP contribution in [0.5, 0.6) is 0 Å². The highest BCUT2D eigenvalue weighted by Crippen LogP contribution is 2.20. The Hall–Kier alpha value is -1.66. The van der Waals surface area contributed by atoms with Crippen LogP contribution in [0.4, 0.5) is 0 Å². The van der Waals surface area contributed by atoms with Crippen molar-refractivity contribution in [3.8, 4) is 0 Å². The molecule has 2 N–H and O–H groups in total. The van der Waals surface area contributed by atoms with Crippen LogP contribution in [-0.2, 0) is 17.0 Å². The molecule has 2 rings (SSSR count). The van der Waals surface area contributed by atoms with Gasteiger partial charge in [-0.05, 0) is 18.2 Å². The van der Waals surface area contributed by atoms with Crippen molar-refractivity contribution in [3.63, 3.8) is 0 Å². The Balaban J connectivity index is 2.61. The van der Waals surface area contributed by atoms with Gasteiger partial charge in [-0.15, -0.1) is 0 Å². The monoisotopic (exact) mass is 239 g/mol. The Morgan fingerprint density at radius 3 is 2.75 bits per heavy atom. The van der Waals surface area contributed by atoms with E-state index in [0.717, 1.165) is 0 Å². The van der Waals surface area contributed by atoms with Crippen LogP contribution in [0.15, 0.2) is 30.5 Å². The fraction of sp³-hybridized carbons (Fsp3) is 0.100. The molecule has 0 radical (unpaired) electrons. The van der Waals surface area contributed by atoms with Gasteiger partial charge in [0.2, 0.25) is 0 Å². The van der Waals surface area contributed by atoms with Crippen LogP contribution in [-0.4, -0.2) is 24.4 Å². The van der Waals surface area contributed by atoms with E-state index in [1.807, 2.05) is 0 Å². The summed E-state index contributed by atoms with van der Waals surface area (Å²) in [6, 6.07) is 6.47. The van der Waals surface area contributed by atoms with Gasteiger partial charge in [-0.3, -0.25) is 0 Å². The number of carboxylic acid groups (broad SMARTS) is 1. The molecule has 0 aliphatic carbocycles. The zero-order chi connectivity index (χ0) is 11.7. The van der Waals surface area contributed by atoms with Crippen LogP contribution >= 0.6 is 0 Å². The van der Waals surface area contributed by atoms with Gasteiger partial charge in [0.25, 0.3) is 0 Å². The molecule has 0 aliphatic rings. The molecule has 0 saturated heterocycles. The summed E-state index contributed by atoms with van der Waals surface area (Å²) in [5, 5.41) is 9.53. The summed E-state index contributed by atoms with van der Waals surface area (Å²) in [7, 11) is 0. The first-order valence-corrected chi connectivity index (χ1v) is 5.76. The van der Waals surface area contributed by atoms with Crippen LogP contribution in [0.25, 0.3) is 10.9 Å². The lowest BCUT2D eigenvalue weighted by molar-refractivity contribution is 0.0699. The van der Waals surface area contributed by atoms with Crippen LogP contribution in [0, 0.1) is 0 Å². The number of aromatic nitrogens is 1. The number of carboxylic acids is 1.